The van der Waals surface area contributed by atoms with Gasteiger partial charge in [-0.25, -0.2) is 0 Å². The number of rotatable bonds is 8. The monoisotopic (exact) mass is 334 g/mol. The molecule has 0 saturated heterocycles. The molecule has 0 N–H and O–H groups in total. The fraction of sp³-hybridized carbons (Fsp3) is 0.526. The minimum Gasteiger partial charge on any atom is -0.493 e. The van der Waals surface area contributed by atoms with Crippen LogP contribution in [0.15, 0.2) is 24.3 Å². The molecule has 5 heteroatoms. The Morgan fingerprint density at radius 3 is 2.50 bits per heavy atom. The Balaban J connectivity index is 1.91. The first-order valence-corrected chi connectivity index (χ1v) is 8.28. The van der Waals surface area contributed by atoms with Crippen LogP contribution in [0.5, 0.6) is 17.2 Å². The van der Waals surface area contributed by atoms with Gasteiger partial charge in [0.05, 0.1) is 27.9 Å². The number of aryl methyl sites for hydroxylation is 1. The number of carbonyl (C=O) groups is 1. The largest absolute Gasteiger partial charge is 0.493 e. The van der Waals surface area contributed by atoms with Crippen LogP contribution in [0.3, 0.4) is 0 Å². The van der Waals surface area contributed by atoms with Crippen LogP contribution in [0.25, 0.3) is 0 Å². The number of hydrogen-bond donors (Lipinski definition) is 0. The van der Waals surface area contributed by atoms with Crippen LogP contribution in [0.4, 0.5) is 0 Å². The van der Waals surface area contributed by atoms with Gasteiger partial charge in [0.15, 0.2) is 11.5 Å². The Morgan fingerprint density at radius 2 is 1.88 bits per heavy atom. The third kappa shape index (κ3) is 4.66. The van der Waals surface area contributed by atoms with E-state index in [2.05, 4.69) is 12.2 Å². The molecule has 1 aliphatic carbocycles. The van der Waals surface area contributed by atoms with Gasteiger partial charge in [-0.15, -0.1) is 0 Å². The highest BCUT2D eigenvalue weighted by molar-refractivity contribution is 5.70. The lowest BCUT2D eigenvalue weighted by atomic mass is 9.95. The van der Waals surface area contributed by atoms with E-state index in [0.717, 1.165) is 24.8 Å². The van der Waals surface area contributed by atoms with Crippen molar-refractivity contribution in [2.75, 3.05) is 27.9 Å². The van der Waals surface area contributed by atoms with Gasteiger partial charge in [-0.3, -0.25) is 4.79 Å². The van der Waals surface area contributed by atoms with E-state index in [1.165, 1.54) is 0 Å². The Labute approximate surface area is 143 Å². The summed E-state index contributed by atoms with van der Waals surface area (Å²) in [6, 6.07) is 3.70. The Hall–Kier alpha value is -2.17. The zero-order valence-corrected chi connectivity index (χ0v) is 14.7. The molecule has 1 aromatic rings. The van der Waals surface area contributed by atoms with Crippen molar-refractivity contribution < 1.29 is 23.7 Å². The van der Waals surface area contributed by atoms with Crippen LogP contribution in [0.1, 0.15) is 31.2 Å². The lowest BCUT2D eigenvalue weighted by Gasteiger charge is -2.18. The number of benzene rings is 1. The summed E-state index contributed by atoms with van der Waals surface area (Å²) in [5, 5.41) is 0. The highest BCUT2D eigenvalue weighted by Gasteiger charge is 2.17. The van der Waals surface area contributed by atoms with Gasteiger partial charge in [-0.1, -0.05) is 18.2 Å². The first-order chi connectivity index (χ1) is 11.7. The molecule has 0 bridgehead atoms. The van der Waals surface area contributed by atoms with Crippen molar-refractivity contribution in [1.82, 2.24) is 0 Å². The van der Waals surface area contributed by atoms with Crippen LogP contribution < -0.4 is 14.2 Å². The quantitative estimate of drug-likeness (QED) is 0.537. The maximum atomic E-state index is 12.0. The fourth-order valence-corrected chi connectivity index (χ4v) is 2.89. The fourth-order valence-electron chi connectivity index (χ4n) is 2.89. The van der Waals surface area contributed by atoms with E-state index in [0.29, 0.717) is 42.6 Å². The first-order valence-electron chi connectivity index (χ1n) is 8.28. The standard InChI is InChI=1S/C19H26O5/c1-21-16-11-9-15(18(22-2)19(16)23-3)10-12-17(20)24-13-14-7-5-4-6-8-14/h4-5,9,11,14H,6-8,10,12-13H2,1-3H3. The number of carbonyl (C=O) groups excluding carboxylic acids is 1. The first kappa shape index (κ1) is 18.2. The van der Waals surface area contributed by atoms with Crippen molar-refractivity contribution in [2.24, 2.45) is 5.92 Å². The maximum Gasteiger partial charge on any atom is 0.306 e. The Bertz CT molecular complexity index is 579. The van der Waals surface area contributed by atoms with Gasteiger partial charge in [0.1, 0.15) is 0 Å². The van der Waals surface area contributed by atoms with Gasteiger partial charge in [-0.2, -0.15) is 0 Å². The molecule has 2 rings (SSSR count). The van der Waals surface area contributed by atoms with E-state index in [1.807, 2.05) is 12.1 Å². The van der Waals surface area contributed by atoms with Crippen LogP contribution in [-0.2, 0) is 16.0 Å². The normalized spacial score (nSPS) is 16.5. The van der Waals surface area contributed by atoms with E-state index < -0.39 is 0 Å². The number of ether oxygens (including phenoxy) is 4. The Morgan fingerprint density at radius 1 is 1.08 bits per heavy atom. The van der Waals surface area contributed by atoms with Gasteiger partial charge in [-0.05, 0) is 43.2 Å². The molecule has 0 heterocycles. The van der Waals surface area contributed by atoms with Crippen molar-refractivity contribution >= 4 is 5.97 Å². The topological polar surface area (TPSA) is 54.0 Å². The van der Waals surface area contributed by atoms with E-state index in [9.17, 15) is 4.79 Å². The van der Waals surface area contributed by atoms with Gasteiger partial charge >= 0.3 is 5.97 Å². The second-order valence-electron chi connectivity index (χ2n) is 5.83. The smallest absolute Gasteiger partial charge is 0.306 e. The second-order valence-corrected chi connectivity index (χ2v) is 5.83. The predicted octanol–water partition coefficient (Wildman–Crippen LogP) is 3.54. The molecule has 1 unspecified atom stereocenters. The second kappa shape index (κ2) is 9.21. The third-order valence-corrected chi connectivity index (χ3v) is 4.24. The van der Waals surface area contributed by atoms with Crippen LogP contribution in [0, 0.1) is 5.92 Å². The molecular formula is C19H26O5. The molecule has 132 valence electrons. The van der Waals surface area contributed by atoms with Gasteiger partial charge in [0.25, 0.3) is 0 Å². The molecule has 1 aromatic carbocycles. The molecule has 1 atom stereocenters. The van der Waals surface area contributed by atoms with Crippen molar-refractivity contribution in [3.8, 4) is 17.2 Å². The number of methoxy groups -OCH3 is 3. The summed E-state index contributed by atoms with van der Waals surface area (Å²) < 4.78 is 21.5. The molecule has 1 aliphatic rings. The molecule has 0 fully saturated rings. The molecule has 5 nitrogen and oxygen atoms in total. The number of hydrogen-bond acceptors (Lipinski definition) is 5. The van der Waals surface area contributed by atoms with Crippen LogP contribution in [0.2, 0.25) is 0 Å². The highest BCUT2D eigenvalue weighted by Crippen LogP contribution is 2.40. The van der Waals surface area contributed by atoms with Gasteiger partial charge in [0, 0.05) is 6.42 Å². The minimum absolute atomic E-state index is 0.179. The van der Waals surface area contributed by atoms with E-state index in [-0.39, 0.29) is 5.97 Å². The lowest BCUT2D eigenvalue weighted by Crippen LogP contribution is -2.15. The third-order valence-electron chi connectivity index (χ3n) is 4.24. The highest BCUT2D eigenvalue weighted by atomic mass is 16.5. The summed E-state index contributed by atoms with van der Waals surface area (Å²) >= 11 is 0. The average molecular weight is 334 g/mol. The van der Waals surface area contributed by atoms with E-state index in [4.69, 9.17) is 18.9 Å². The van der Waals surface area contributed by atoms with Gasteiger partial charge < -0.3 is 18.9 Å². The molecule has 0 radical (unpaired) electrons. The Kier molecular flexibility index (Phi) is 6.97. The number of allylic oxidation sites excluding steroid dienone is 2. The molecular weight excluding hydrogens is 308 g/mol. The summed E-state index contributed by atoms with van der Waals surface area (Å²) in [7, 11) is 4.72. The van der Waals surface area contributed by atoms with Crippen LogP contribution in [-0.4, -0.2) is 33.9 Å². The molecule has 0 aliphatic heterocycles. The predicted molar refractivity (Wildman–Crippen MR) is 91.9 cm³/mol. The summed E-state index contributed by atoms with van der Waals surface area (Å²) in [4.78, 5) is 12.0. The summed E-state index contributed by atoms with van der Waals surface area (Å²) in [6.45, 7) is 0.506. The maximum absolute atomic E-state index is 12.0. The molecule has 0 amide bonds. The van der Waals surface area contributed by atoms with Crippen molar-refractivity contribution in [3.63, 3.8) is 0 Å². The zero-order chi connectivity index (χ0) is 17.4. The minimum atomic E-state index is -0.179. The summed E-state index contributed by atoms with van der Waals surface area (Å²) in [6.07, 6.45) is 8.36. The van der Waals surface area contributed by atoms with Crippen molar-refractivity contribution in [3.05, 3.63) is 29.8 Å². The van der Waals surface area contributed by atoms with Crippen molar-refractivity contribution in [1.29, 1.82) is 0 Å². The van der Waals surface area contributed by atoms with E-state index >= 15 is 0 Å². The number of esters is 1. The van der Waals surface area contributed by atoms with Gasteiger partial charge in [0.2, 0.25) is 5.75 Å². The van der Waals surface area contributed by atoms with Crippen LogP contribution >= 0.6 is 0 Å². The molecule has 24 heavy (non-hydrogen) atoms. The van der Waals surface area contributed by atoms with Crippen molar-refractivity contribution in [2.45, 2.75) is 32.1 Å². The molecule has 0 aromatic heterocycles. The average Bonchev–Trinajstić information content (AvgIpc) is 2.64. The summed E-state index contributed by atoms with van der Waals surface area (Å²) in [5.74, 6) is 2.02. The summed E-state index contributed by atoms with van der Waals surface area (Å²) in [5.41, 5.74) is 0.896. The lowest BCUT2D eigenvalue weighted by molar-refractivity contribution is -0.145. The zero-order valence-electron chi connectivity index (χ0n) is 14.7. The SMILES string of the molecule is COc1ccc(CCC(=O)OCC2CC=CCC2)c(OC)c1OC. The molecule has 0 spiro atoms. The van der Waals surface area contributed by atoms with E-state index in [1.54, 1.807) is 21.3 Å². The molecule has 0 saturated carbocycles.